The van der Waals surface area contributed by atoms with Crippen LogP contribution in [-0.2, 0) is 16.9 Å². The Morgan fingerprint density at radius 3 is 2.32 bits per heavy atom. The van der Waals surface area contributed by atoms with Gasteiger partial charge in [-0.1, -0.05) is 29.8 Å². The van der Waals surface area contributed by atoms with E-state index in [9.17, 15) is 0 Å². The van der Waals surface area contributed by atoms with E-state index in [1.54, 1.807) is 7.05 Å². The second-order valence-electron chi connectivity index (χ2n) is 3.22. The van der Waals surface area contributed by atoms with Crippen LogP contribution in [-0.4, -0.2) is 37.6 Å². The fourth-order valence-electron chi connectivity index (χ4n) is 1.10. The summed E-state index contributed by atoms with van der Waals surface area (Å²) in [5.74, 6) is 0.755. The Labute approximate surface area is 117 Å². The number of hydrogen-bond acceptors (Lipinski definition) is 3. The van der Waals surface area contributed by atoms with Crippen molar-refractivity contribution in [3.05, 3.63) is 34.9 Å². The Morgan fingerprint density at radius 1 is 1.37 bits per heavy atom. The summed E-state index contributed by atoms with van der Waals surface area (Å²) in [4.78, 5) is 4.00. The molecular weight excluding hydrogens is 294 g/mol. The summed E-state index contributed by atoms with van der Waals surface area (Å²) in [5.41, 5.74) is 1.06. The van der Waals surface area contributed by atoms with Crippen LogP contribution in [0, 0.1) is 0 Å². The number of benzene rings is 1. The van der Waals surface area contributed by atoms with Gasteiger partial charge in [0.25, 0.3) is 0 Å². The van der Waals surface area contributed by atoms with Crippen molar-refractivity contribution in [3.8, 4) is 0 Å². The van der Waals surface area contributed by atoms with Crippen LogP contribution in [0.2, 0.25) is 5.02 Å². The summed E-state index contributed by atoms with van der Waals surface area (Å²) in [6, 6.07) is 7.74. The summed E-state index contributed by atoms with van der Waals surface area (Å²) >= 11 is 5.99. The molecule has 7 nitrogen and oxygen atoms in total. The highest BCUT2D eigenvalue weighted by atomic mass is 35.5. The van der Waals surface area contributed by atoms with Crippen LogP contribution in [0.15, 0.2) is 29.3 Å². The molecule has 0 fully saturated rings. The van der Waals surface area contributed by atoms with Crippen molar-refractivity contribution in [2.45, 2.75) is 6.54 Å². The molecule has 4 N–H and O–H groups in total. The highest BCUT2D eigenvalue weighted by molar-refractivity contribution is 7.79. The van der Waals surface area contributed by atoms with Crippen molar-refractivity contribution in [1.29, 1.82) is 0 Å². The zero-order valence-electron chi connectivity index (χ0n) is 10.5. The van der Waals surface area contributed by atoms with Crippen LogP contribution in [0.4, 0.5) is 0 Å². The van der Waals surface area contributed by atoms with E-state index in [0.29, 0.717) is 6.54 Å². The van der Waals surface area contributed by atoms with Gasteiger partial charge in [-0.15, -0.1) is 0 Å². The Balaban J connectivity index is 0.000000555. The van der Waals surface area contributed by atoms with Crippen LogP contribution in [0.3, 0.4) is 0 Å². The lowest BCUT2D eigenvalue weighted by Gasteiger charge is -2.09. The van der Waals surface area contributed by atoms with Crippen LogP contribution >= 0.6 is 11.6 Å². The first kappa shape index (κ1) is 17.6. The highest BCUT2D eigenvalue weighted by Gasteiger charge is 1.99. The van der Waals surface area contributed by atoms with E-state index >= 15 is 0 Å². The number of nitrogens with one attached hydrogen (secondary N) is 2. The summed E-state index contributed by atoms with van der Waals surface area (Å²) in [7, 11) is -1.12. The van der Waals surface area contributed by atoms with Crippen LogP contribution in [0.25, 0.3) is 0 Å². The molecule has 0 aliphatic rings. The fourth-order valence-corrected chi connectivity index (χ4v) is 1.30. The number of aliphatic imine (C=N–C) groups is 1. The Kier molecular flexibility index (Phi) is 8.08. The molecule has 0 saturated carbocycles. The van der Waals surface area contributed by atoms with E-state index < -0.39 is 10.4 Å². The van der Waals surface area contributed by atoms with Crippen molar-refractivity contribution in [2.24, 2.45) is 4.99 Å². The maximum absolute atomic E-state index is 8.74. The van der Waals surface area contributed by atoms with Crippen LogP contribution < -0.4 is 10.6 Å². The van der Waals surface area contributed by atoms with Gasteiger partial charge in [-0.3, -0.25) is 14.1 Å². The zero-order valence-corrected chi connectivity index (χ0v) is 12.0. The standard InChI is InChI=1S/C10H14ClN3.H2O4S/c1-12-10(13-2)14-7-8-5-3-4-6-9(8)11;1-5(2,3)4/h3-6H,7H2,1-2H3,(H2,12,13,14);(H2,1,2,3,4). The molecule has 19 heavy (non-hydrogen) atoms. The van der Waals surface area contributed by atoms with E-state index in [2.05, 4.69) is 15.6 Å². The molecule has 0 radical (unpaired) electrons. The molecule has 0 heterocycles. The lowest BCUT2D eigenvalue weighted by Crippen LogP contribution is -2.34. The third-order valence-electron chi connectivity index (χ3n) is 1.86. The van der Waals surface area contributed by atoms with E-state index in [0.717, 1.165) is 16.5 Å². The summed E-state index contributed by atoms with van der Waals surface area (Å²) in [6.45, 7) is 0.674. The third-order valence-corrected chi connectivity index (χ3v) is 2.23. The molecule has 0 atom stereocenters. The molecule has 9 heteroatoms. The van der Waals surface area contributed by atoms with Gasteiger partial charge in [0, 0.05) is 25.7 Å². The maximum atomic E-state index is 8.74. The average Bonchev–Trinajstić information content (AvgIpc) is 2.30. The molecule has 1 rings (SSSR count). The van der Waals surface area contributed by atoms with Gasteiger partial charge < -0.3 is 10.6 Å². The number of halogens is 1. The van der Waals surface area contributed by atoms with E-state index in [-0.39, 0.29) is 0 Å². The molecular formula is C10H16ClN3O4S. The summed E-state index contributed by atoms with van der Waals surface area (Å²) in [6.07, 6.45) is 0. The highest BCUT2D eigenvalue weighted by Crippen LogP contribution is 2.13. The third kappa shape index (κ3) is 10.3. The predicted molar refractivity (Wildman–Crippen MR) is 74.9 cm³/mol. The molecule has 1 aromatic carbocycles. The molecule has 1 aromatic rings. The molecule has 0 aliphatic carbocycles. The van der Waals surface area contributed by atoms with Crippen LogP contribution in [0.5, 0.6) is 0 Å². The first-order valence-electron chi connectivity index (χ1n) is 5.09. The average molecular weight is 310 g/mol. The zero-order chi connectivity index (χ0) is 14.9. The number of hydrogen-bond donors (Lipinski definition) is 4. The normalized spacial score (nSPS) is 11.3. The summed E-state index contributed by atoms with van der Waals surface area (Å²) in [5, 5.41) is 6.84. The molecule has 0 amide bonds. The van der Waals surface area contributed by atoms with Crippen molar-refractivity contribution < 1.29 is 17.5 Å². The quantitative estimate of drug-likeness (QED) is 0.368. The Morgan fingerprint density at radius 2 is 1.89 bits per heavy atom. The van der Waals surface area contributed by atoms with E-state index in [4.69, 9.17) is 29.1 Å². The number of guanidine groups is 1. The minimum atomic E-state index is -4.67. The van der Waals surface area contributed by atoms with Crippen LogP contribution in [0.1, 0.15) is 5.56 Å². The lowest BCUT2D eigenvalue weighted by molar-refractivity contribution is 0.381. The minimum Gasteiger partial charge on any atom is -0.359 e. The van der Waals surface area contributed by atoms with Gasteiger partial charge in [-0.05, 0) is 11.6 Å². The fraction of sp³-hybridized carbons (Fsp3) is 0.300. The Hall–Kier alpha value is -1.35. The van der Waals surface area contributed by atoms with E-state index in [1.807, 2.05) is 31.3 Å². The van der Waals surface area contributed by atoms with Crippen molar-refractivity contribution >= 4 is 28.0 Å². The molecule has 0 spiro atoms. The topological polar surface area (TPSA) is 111 Å². The summed E-state index contributed by atoms with van der Waals surface area (Å²) < 4.78 is 31.6. The van der Waals surface area contributed by atoms with Gasteiger partial charge >= 0.3 is 10.4 Å². The molecule has 0 unspecified atom stereocenters. The predicted octanol–water partition coefficient (Wildman–Crippen LogP) is 0.982. The van der Waals surface area contributed by atoms with Crippen molar-refractivity contribution in [1.82, 2.24) is 10.6 Å². The lowest BCUT2D eigenvalue weighted by atomic mass is 10.2. The Bertz CT molecular complexity index is 511. The second kappa shape index (κ2) is 8.70. The molecule has 108 valence electrons. The monoisotopic (exact) mass is 309 g/mol. The second-order valence-corrected chi connectivity index (χ2v) is 4.52. The SMILES string of the molecule is CN=C(NC)NCc1ccccc1Cl.O=S(=O)(O)O. The molecule has 0 aliphatic heterocycles. The van der Waals surface area contributed by atoms with Gasteiger partial charge in [0.2, 0.25) is 0 Å². The van der Waals surface area contributed by atoms with Gasteiger partial charge in [0.1, 0.15) is 0 Å². The van der Waals surface area contributed by atoms with Gasteiger partial charge in [-0.2, -0.15) is 8.42 Å². The minimum absolute atomic E-state index is 0.674. The first-order chi connectivity index (χ1) is 8.77. The number of rotatable bonds is 2. The number of nitrogens with zero attached hydrogens (tertiary/aromatic N) is 1. The first-order valence-corrected chi connectivity index (χ1v) is 6.87. The van der Waals surface area contributed by atoms with Gasteiger partial charge in [-0.25, -0.2) is 0 Å². The molecule has 0 bridgehead atoms. The largest absolute Gasteiger partial charge is 0.394 e. The smallest absolute Gasteiger partial charge is 0.359 e. The maximum Gasteiger partial charge on any atom is 0.394 e. The van der Waals surface area contributed by atoms with Gasteiger partial charge in [0.15, 0.2) is 5.96 Å². The molecule has 0 saturated heterocycles. The van der Waals surface area contributed by atoms with Crippen molar-refractivity contribution in [2.75, 3.05) is 14.1 Å². The van der Waals surface area contributed by atoms with Gasteiger partial charge in [0.05, 0.1) is 0 Å². The molecule has 0 aromatic heterocycles. The van der Waals surface area contributed by atoms with E-state index in [1.165, 1.54) is 0 Å². The van der Waals surface area contributed by atoms with Crippen molar-refractivity contribution in [3.63, 3.8) is 0 Å².